The van der Waals surface area contributed by atoms with E-state index >= 15 is 0 Å². The SMILES string of the molecule is Cc1cc(NS(=O)(=O)c2ccc(N[C@@H]3CC(=O)N(Cc4ccccc4)C3=O)cc2)no1. The zero-order valence-electron chi connectivity index (χ0n) is 16.6. The van der Waals surface area contributed by atoms with Crippen molar-refractivity contribution >= 4 is 33.3 Å². The Morgan fingerprint density at radius 2 is 1.81 bits per heavy atom. The van der Waals surface area contributed by atoms with Crippen molar-refractivity contribution in [1.29, 1.82) is 0 Å². The summed E-state index contributed by atoms with van der Waals surface area (Å²) in [7, 11) is -3.84. The molecule has 2 N–H and O–H groups in total. The van der Waals surface area contributed by atoms with Crippen LogP contribution in [0.1, 0.15) is 17.7 Å². The molecule has 0 bridgehead atoms. The molecular weight excluding hydrogens is 420 g/mol. The summed E-state index contributed by atoms with van der Waals surface area (Å²) in [6, 6.07) is 15.9. The molecule has 160 valence electrons. The van der Waals surface area contributed by atoms with E-state index in [2.05, 4.69) is 15.2 Å². The summed E-state index contributed by atoms with van der Waals surface area (Å²) in [5.74, 6) is 0.00823. The molecule has 0 saturated carbocycles. The third-order valence-electron chi connectivity index (χ3n) is 4.80. The van der Waals surface area contributed by atoms with Crippen LogP contribution in [0.5, 0.6) is 0 Å². The molecule has 2 heterocycles. The number of nitrogens with one attached hydrogen (secondary N) is 2. The number of carbonyl (C=O) groups excluding carboxylic acids is 2. The summed E-state index contributed by atoms with van der Waals surface area (Å²) in [5.41, 5.74) is 1.40. The fourth-order valence-corrected chi connectivity index (χ4v) is 4.25. The standard InChI is InChI=1S/C21H20N4O5S/c1-14-11-19(23-30-14)24-31(28,29)17-9-7-16(8-10-17)22-18-12-20(26)25(21(18)27)13-15-5-3-2-4-6-15/h2-11,18,22H,12-13H2,1H3,(H,23,24)/t18-/m1/s1. The first kappa shape index (κ1) is 20.6. The van der Waals surface area contributed by atoms with E-state index in [1.807, 2.05) is 30.3 Å². The van der Waals surface area contributed by atoms with Crippen LogP contribution >= 0.6 is 0 Å². The first-order valence-electron chi connectivity index (χ1n) is 9.53. The van der Waals surface area contributed by atoms with Gasteiger partial charge in [-0.05, 0) is 36.8 Å². The summed E-state index contributed by atoms with van der Waals surface area (Å²) >= 11 is 0. The third kappa shape index (κ3) is 4.58. The van der Waals surface area contributed by atoms with E-state index in [0.717, 1.165) is 5.56 Å². The number of hydrogen-bond donors (Lipinski definition) is 2. The second-order valence-corrected chi connectivity index (χ2v) is 8.84. The summed E-state index contributed by atoms with van der Waals surface area (Å²) in [5, 5.41) is 6.63. The number of hydrogen-bond acceptors (Lipinski definition) is 7. The highest BCUT2D eigenvalue weighted by atomic mass is 32.2. The molecule has 1 aliphatic rings. The lowest BCUT2D eigenvalue weighted by atomic mass is 10.2. The van der Waals surface area contributed by atoms with Crippen LogP contribution in [0.4, 0.5) is 11.5 Å². The molecule has 1 saturated heterocycles. The molecule has 0 spiro atoms. The maximum atomic E-state index is 12.7. The number of imide groups is 1. The van der Waals surface area contributed by atoms with Gasteiger partial charge in [-0.25, -0.2) is 8.42 Å². The highest BCUT2D eigenvalue weighted by Crippen LogP contribution is 2.22. The van der Waals surface area contributed by atoms with Crippen LogP contribution in [0.25, 0.3) is 0 Å². The van der Waals surface area contributed by atoms with Crippen molar-refractivity contribution < 1.29 is 22.5 Å². The van der Waals surface area contributed by atoms with E-state index in [-0.39, 0.29) is 35.5 Å². The van der Waals surface area contributed by atoms with Gasteiger partial charge in [0.15, 0.2) is 5.82 Å². The molecule has 2 aromatic carbocycles. The topological polar surface area (TPSA) is 122 Å². The average Bonchev–Trinajstić information content (AvgIpc) is 3.26. The number of benzene rings is 2. The smallest absolute Gasteiger partial charge is 0.263 e. The highest BCUT2D eigenvalue weighted by molar-refractivity contribution is 7.92. The molecule has 1 aliphatic heterocycles. The fraction of sp³-hybridized carbons (Fsp3) is 0.190. The predicted octanol–water partition coefficient (Wildman–Crippen LogP) is 2.52. The van der Waals surface area contributed by atoms with E-state index in [9.17, 15) is 18.0 Å². The molecule has 4 rings (SSSR count). The number of anilines is 2. The molecule has 0 aliphatic carbocycles. The van der Waals surface area contributed by atoms with E-state index < -0.39 is 16.1 Å². The monoisotopic (exact) mass is 440 g/mol. The number of sulfonamides is 1. The van der Waals surface area contributed by atoms with Gasteiger partial charge >= 0.3 is 0 Å². The van der Waals surface area contributed by atoms with Crippen LogP contribution in [-0.2, 0) is 26.2 Å². The minimum atomic E-state index is -3.84. The van der Waals surface area contributed by atoms with Crippen molar-refractivity contribution in [3.05, 3.63) is 72.0 Å². The number of carbonyl (C=O) groups is 2. The molecule has 1 fully saturated rings. The van der Waals surface area contributed by atoms with Gasteiger partial charge in [0.25, 0.3) is 15.9 Å². The van der Waals surface area contributed by atoms with Gasteiger partial charge in [0.1, 0.15) is 11.8 Å². The van der Waals surface area contributed by atoms with Crippen molar-refractivity contribution in [3.8, 4) is 0 Å². The predicted molar refractivity (Wildman–Crippen MR) is 113 cm³/mol. The van der Waals surface area contributed by atoms with Crippen molar-refractivity contribution in [2.24, 2.45) is 0 Å². The second-order valence-electron chi connectivity index (χ2n) is 7.16. The van der Waals surface area contributed by atoms with Crippen LogP contribution < -0.4 is 10.0 Å². The normalized spacial score (nSPS) is 16.5. The van der Waals surface area contributed by atoms with Gasteiger partial charge in [-0.1, -0.05) is 35.5 Å². The lowest BCUT2D eigenvalue weighted by molar-refractivity contribution is -0.139. The lowest BCUT2D eigenvalue weighted by Gasteiger charge is -2.16. The Morgan fingerprint density at radius 3 is 2.45 bits per heavy atom. The molecule has 2 amide bonds. The van der Waals surface area contributed by atoms with Crippen LogP contribution in [0.2, 0.25) is 0 Å². The molecule has 0 radical (unpaired) electrons. The molecule has 31 heavy (non-hydrogen) atoms. The first-order chi connectivity index (χ1) is 14.8. The number of amides is 2. The largest absolute Gasteiger partial charge is 0.373 e. The Bertz CT molecular complexity index is 1210. The van der Waals surface area contributed by atoms with Gasteiger partial charge in [0, 0.05) is 11.8 Å². The maximum absolute atomic E-state index is 12.7. The minimum Gasteiger partial charge on any atom is -0.373 e. The number of nitrogens with zero attached hydrogens (tertiary/aromatic N) is 2. The van der Waals surface area contributed by atoms with Crippen molar-refractivity contribution in [2.45, 2.75) is 30.8 Å². The molecule has 0 unspecified atom stereocenters. The minimum absolute atomic E-state index is 0.0261. The number of aryl methyl sites for hydroxylation is 1. The number of rotatable bonds is 7. The molecule has 10 heteroatoms. The van der Waals surface area contributed by atoms with Gasteiger partial charge in [0.05, 0.1) is 17.9 Å². The Balaban J connectivity index is 1.42. The molecule has 1 aromatic heterocycles. The molecular formula is C21H20N4O5S. The summed E-state index contributed by atoms with van der Waals surface area (Å²) in [6.45, 7) is 1.88. The van der Waals surface area contributed by atoms with Crippen molar-refractivity contribution in [2.75, 3.05) is 10.0 Å². The first-order valence-corrected chi connectivity index (χ1v) is 11.0. The Morgan fingerprint density at radius 1 is 1.10 bits per heavy atom. The van der Waals surface area contributed by atoms with Crippen molar-refractivity contribution in [3.63, 3.8) is 0 Å². The van der Waals surface area contributed by atoms with E-state index in [4.69, 9.17) is 4.52 Å². The fourth-order valence-electron chi connectivity index (χ4n) is 3.27. The van der Waals surface area contributed by atoms with Gasteiger partial charge in [-0.15, -0.1) is 0 Å². The Labute approximate surface area is 179 Å². The van der Waals surface area contributed by atoms with E-state index in [0.29, 0.717) is 11.4 Å². The average molecular weight is 440 g/mol. The van der Waals surface area contributed by atoms with Gasteiger partial charge in [-0.3, -0.25) is 19.2 Å². The highest BCUT2D eigenvalue weighted by Gasteiger charge is 2.38. The quantitative estimate of drug-likeness (QED) is 0.542. The van der Waals surface area contributed by atoms with Gasteiger partial charge in [-0.2, -0.15) is 0 Å². The number of aromatic nitrogens is 1. The van der Waals surface area contributed by atoms with Crippen LogP contribution in [-0.4, -0.2) is 36.3 Å². The van der Waals surface area contributed by atoms with Gasteiger partial charge < -0.3 is 9.84 Å². The van der Waals surface area contributed by atoms with Crippen LogP contribution in [0.3, 0.4) is 0 Å². The maximum Gasteiger partial charge on any atom is 0.263 e. The Hall–Kier alpha value is -3.66. The second kappa shape index (κ2) is 8.23. The molecule has 1 atom stereocenters. The molecule has 3 aromatic rings. The van der Waals surface area contributed by atoms with Crippen LogP contribution in [0, 0.1) is 6.92 Å². The zero-order valence-corrected chi connectivity index (χ0v) is 17.4. The zero-order chi connectivity index (χ0) is 22.0. The van der Waals surface area contributed by atoms with Crippen molar-refractivity contribution in [1.82, 2.24) is 10.1 Å². The lowest BCUT2D eigenvalue weighted by Crippen LogP contribution is -2.34. The van der Waals surface area contributed by atoms with E-state index in [1.165, 1.54) is 23.1 Å². The Kier molecular flexibility index (Phi) is 5.47. The number of likely N-dealkylation sites (tertiary alicyclic amines) is 1. The summed E-state index contributed by atoms with van der Waals surface area (Å²) in [6.07, 6.45) is 0.0405. The van der Waals surface area contributed by atoms with Gasteiger partial charge in [0.2, 0.25) is 5.91 Å². The molecule has 9 nitrogen and oxygen atoms in total. The summed E-state index contributed by atoms with van der Waals surface area (Å²) in [4.78, 5) is 26.2. The third-order valence-corrected chi connectivity index (χ3v) is 6.17. The summed E-state index contributed by atoms with van der Waals surface area (Å²) < 4.78 is 32.1. The van der Waals surface area contributed by atoms with E-state index in [1.54, 1.807) is 19.1 Å². The van der Waals surface area contributed by atoms with Crippen LogP contribution in [0.15, 0.2) is 70.1 Å².